The number of hydrogen-bond donors (Lipinski definition) is 1. The molecule has 88 valence electrons. The van der Waals surface area contributed by atoms with Crippen LogP contribution < -0.4 is 15.2 Å². The van der Waals surface area contributed by atoms with Gasteiger partial charge in [-0.25, -0.2) is 0 Å². The minimum atomic E-state index is -0.281. The lowest BCUT2D eigenvalue weighted by molar-refractivity contribution is 0.122. The molecule has 0 saturated heterocycles. The van der Waals surface area contributed by atoms with E-state index in [2.05, 4.69) is 4.98 Å². The quantitative estimate of drug-likeness (QED) is 0.853. The van der Waals surface area contributed by atoms with Crippen molar-refractivity contribution < 1.29 is 9.47 Å². The molecular formula is C12H18N2O2. The number of nitrogen functional groups attached to an aromatic ring is 1. The summed E-state index contributed by atoms with van der Waals surface area (Å²) < 4.78 is 11.5. The second kappa shape index (κ2) is 3.85. The highest BCUT2D eigenvalue weighted by Gasteiger charge is 2.27. The Morgan fingerprint density at radius 1 is 1.31 bits per heavy atom. The van der Waals surface area contributed by atoms with Crippen LogP contribution in [0.1, 0.15) is 33.6 Å². The van der Waals surface area contributed by atoms with Crippen molar-refractivity contribution in [1.29, 1.82) is 0 Å². The van der Waals surface area contributed by atoms with Crippen molar-refractivity contribution in [2.24, 2.45) is 0 Å². The maximum atomic E-state index is 5.85. The van der Waals surface area contributed by atoms with E-state index >= 15 is 0 Å². The number of ether oxygens (including phenoxy) is 2. The maximum absolute atomic E-state index is 5.85. The highest BCUT2D eigenvalue weighted by Crippen LogP contribution is 2.38. The summed E-state index contributed by atoms with van der Waals surface area (Å²) in [6, 6.07) is 0. The van der Waals surface area contributed by atoms with Crippen LogP contribution in [0.2, 0.25) is 0 Å². The van der Waals surface area contributed by atoms with Gasteiger partial charge in [0.2, 0.25) is 0 Å². The van der Waals surface area contributed by atoms with Crippen LogP contribution in [0.15, 0.2) is 12.4 Å². The first kappa shape index (κ1) is 11.0. The first-order valence-corrected chi connectivity index (χ1v) is 5.55. The third-order valence-corrected chi connectivity index (χ3v) is 2.12. The molecular weight excluding hydrogens is 204 g/mol. The van der Waals surface area contributed by atoms with Crippen LogP contribution in [0.3, 0.4) is 0 Å². The van der Waals surface area contributed by atoms with Gasteiger partial charge in [0, 0.05) is 0 Å². The van der Waals surface area contributed by atoms with Gasteiger partial charge in [-0.2, -0.15) is 0 Å². The largest absolute Gasteiger partial charge is 0.484 e. The van der Waals surface area contributed by atoms with E-state index in [1.165, 1.54) is 0 Å². The molecule has 1 aliphatic carbocycles. The van der Waals surface area contributed by atoms with Crippen molar-refractivity contribution in [2.75, 3.05) is 5.73 Å². The fourth-order valence-electron chi connectivity index (χ4n) is 1.33. The Bertz CT molecular complexity index is 381. The van der Waals surface area contributed by atoms with Gasteiger partial charge < -0.3 is 15.2 Å². The van der Waals surface area contributed by atoms with E-state index < -0.39 is 0 Å². The number of aromatic nitrogens is 1. The molecule has 16 heavy (non-hydrogen) atoms. The van der Waals surface area contributed by atoms with Crippen molar-refractivity contribution in [1.82, 2.24) is 4.98 Å². The molecule has 0 amide bonds. The molecule has 0 spiro atoms. The molecule has 1 aliphatic rings. The fraction of sp³-hybridized carbons (Fsp3) is 0.583. The van der Waals surface area contributed by atoms with Crippen LogP contribution in [-0.2, 0) is 0 Å². The van der Waals surface area contributed by atoms with Gasteiger partial charge in [-0.1, -0.05) is 0 Å². The molecule has 0 unspecified atom stereocenters. The minimum Gasteiger partial charge on any atom is -0.484 e. The SMILES string of the molecule is CC(C)(C)Oc1cncc(N)c1OC1CC1. The van der Waals surface area contributed by atoms with Gasteiger partial charge in [-0.3, -0.25) is 4.98 Å². The maximum Gasteiger partial charge on any atom is 0.187 e. The molecule has 2 rings (SSSR count). The summed E-state index contributed by atoms with van der Waals surface area (Å²) in [5, 5.41) is 0. The first-order chi connectivity index (χ1) is 7.46. The Morgan fingerprint density at radius 2 is 2.00 bits per heavy atom. The molecule has 4 heteroatoms. The van der Waals surface area contributed by atoms with Gasteiger partial charge >= 0.3 is 0 Å². The van der Waals surface area contributed by atoms with Crippen LogP contribution in [0.4, 0.5) is 5.69 Å². The zero-order valence-electron chi connectivity index (χ0n) is 9.99. The van der Waals surface area contributed by atoms with E-state index in [0.717, 1.165) is 12.8 Å². The molecule has 1 aromatic rings. The summed E-state index contributed by atoms with van der Waals surface area (Å²) in [4.78, 5) is 4.03. The van der Waals surface area contributed by atoms with Crippen LogP contribution in [0.5, 0.6) is 11.5 Å². The summed E-state index contributed by atoms with van der Waals surface area (Å²) in [6.07, 6.45) is 5.73. The van der Waals surface area contributed by atoms with Gasteiger partial charge in [0.1, 0.15) is 5.60 Å². The van der Waals surface area contributed by atoms with Crippen molar-refractivity contribution in [3.8, 4) is 11.5 Å². The van der Waals surface area contributed by atoms with Crippen LogP contribution in [-0.4, -0.2) is 16.7 Å². The lowest BCUT2D eigenvalue weighted by atomic mass is 10.2. The Morgan fingerprint density at radius 3 is 2.56 bits per heavy atom. The molecule has 0 radical (unpaired) electrons. The zero-order chi connectivity index (χ0) is 11.8. The summed E-state index contributed by atoms with van der Waals surface area (Å²) in [7, 11) is 0. The van der Waals surface area contributed by atoms with Crippen molar-refractivity contribution in [3.63, 3.8) is 0 Å². The molecule has 1 fully saturated rings. The smallest absolute Gasteiger partial charge is 0.187 e. The van der Waals surface area contributed by atoms with E-state index in [9.17, 15) is 0 Å². The second-order valence-corrected chi connectivity index (χ2v) is 5.09. The highest BCUT2D eigenvalue weighted by molar-refractivity contribution is 5.58. The van der Waals surface area contributed by atoms with Crippen molar-refractivity contribution in [3.05, 3.63) is 12.4 Å². The predicted octanol–water partition coefficient (Wildman–Crippen LogP) is 2.38. The van der Waals surface area contributed by atoms with Crippen molar-refractivity contribution in [2.45, 2.75) is 45.3 Å². The van der Waals surface area contributed by atoms with Crippen molar-refractivity contribution >= 4 is 5.69 Å². The highest BCUT2D eigenvalue weighted by atomic mass is 16.5. The first-order valence-electron chi connectivity index (χ1n) is 5.55. The zero-order valence-corrected chi connectivity index (χ0v) is 9.99. The molecule has 0 bridgehead atoms. The topological polar surface area (TPSA) is 57.4 Å². The van der Waals surface area contributed by atoms with E-state index in [4.69, 9.17) is 15.2 Å². The average molecular weight is 222 g/mol. The normalized spacial score (nSPS) is 15.9. The number of rotatable bonds is 3. The molecule has 0 aliphatic heterocycles. The molecule has 0 atom stereocenters. The van der Waals surface area contributed by atoms with E-state index in [0.29, 0.717) is 23.3 Å². The Hall–Kier alpha value is -1.45. The number of anilines is 1. The van der Waals surface area contributed by atoms with Gasteiger partial charge in [0.25, 0.3) is 0 Å². The summed E-state index contributed by atoms with van der Waals surface area (Å²) in [6.45, 7) is 5.95. The average Bonchev–Trinajstić information content (AvgIpc) is 2.92. The van der Waals surface area contributed by atoms with Crippen LogP contribution >= 0.6 is 0 Å². The Labute approximate surface area is 95.8 Å². The number of pyridine rings is 1. The molecule has 1 aromatic heterocycles. The molecule has 4 nitrogen and oxygen atoms in total. The predicted molar refractivity (Wildman–Crippen MR) is 62.7 cm³/mol. The number of nitrogens with two attached hydrogens (primary N) is 1. The lowest BCUT2D eigenvalue weighted by Gasteiger charge is -2.23. The molecule has 2 N–H and O–H groups in total. The monoisotopic (exact) mass is 222 g/mol. The van der Waals surface area contributed by atoms with E-state index in [-0.39, 0.29) is 5.60 Å². The molecule has 1 heterocycles. The third kappa shape index (κ3) is 2.78. The Balaban J connectivity index is 2.24. The summed E-state index contributed by atoms with van der Waals surface area (Å²) >= 11 is 0. The van der Waals surface area contributed by atoms with Gasteiger partial charge in [0.15, 0.2) is 11.5 Å². The van der Waals surface area contributed by atoms with Gasteiger partial charge in [-0.05, 0) is 33.6 Å². The van der Waals surface area contributed by atoms with E-state index in [1.54, 1.807) is 12.4 Å². The summed E-state index contributed by atoms with van der Waals surface area (Å²) in [5.41, 5.74) is 6.10. The Kier molecular flexibility index (Phi) is 2.66. The van der Waals surface area contributed by atoms with Gasteiger partial charge in [-0.15, -0.1) is 0 Å². The third-order valence-electron chi connectivity index (χ3n) is 2.12. The van der Waals surface area contributed by atoms with E-state index in [1.807, 2.05) is 20.8 Å². The molecule has 1 saturated carbocycles. The minimum absolute atomic E-state index is 0.281. The molecule has 0 aromatic carbocycles. The van der Waals surface area contributed by atoms with Crippen LogP contribution in [0, 0.1) is 0 Å². The fourth-order valence-corrected chi connectivity index (χ4v) is 1.33. The number of nitrogens with zero attached hydrogens (tertiary/aromatic N) is 1. The summed E-state index contributed by atoms with van der Waals surface area (Å²) in [5.74, 6) is 1.26. The number of hydrogen-bond acceptors (Lipinski definition) is 4. The lowest BCUT2D eigenvalue weighted by Crippen LogP contribution is -2.23. The van der Waals surface area contributed by atoms with Crippen LogP contribution in [0.25, 0.3) is 0 Å². The van der Waals surface area contributed by atoms with Gasteiger partial charge in [0.05, 0.1) is 24.2 Å². The second-order valence-electron chi connectivity index (χ2n) is 5.09. The standard InChI is InChI=1S/C12H18N2O2/c1-12(2,3)16-10-7-14-6-9(13)11(10)15-8-4-5-8/h6-8H,4-5,13H2,1-3H3.